The molecule has 126 valence electrons. The van der Waals surface area contributed by atoms with Gasteiger partial charge in [-0.3, -0.25) is 9.69 Å². The summed E-state index contributed by atoms with van der Waals surface area (Å²) in [5.41, 5.74) is 0.516. The second-order valence-electron chi connectivity index (χ2n) is 6.19. The van der Waals surface area contributed by atoms with Crippen molar-refractivity contribution < 1.29 is 18.3 Å². The Kier molecular flexibility index (Phi) is 5.10. The number of nitrogens with zero attached hydrogens (tertiary/aromatic N) is 2. The molecule has 6 heteroatoms. The van der Waals surface area contributed by atoms with E-state index in [0.29, 0.717) is 11.6 Å². The maximum atomic E-state index is 12.5. The quantitative estimate of drug-likeness (QED) is 0.834. The molecule has 23 heavy (non-hydrogen) atoms. The van der Waals surface area contributed by atoms with Crippen LogP contribution in [0.5, 0.6) is 5.75 Å². The maximum absolute atomic E-state index is 12.5. The van der Waals surface area contributed by atoms with Crippen LogP contribution in [0.15, 0.2) is 24.3 Å². The van der Waals surface area contributed by atoms with E-state index in [1.54, 1.807) is 18.2 Å². The third kappa shape index (κ3) is 3.99. The number of hydrogen-bond donors (Lipinski definition) is 0. The third-order valence-corrected chi connectivity index (χ3v) is 4.70. The molecule has 2 heterocycles. The first-order valence-electron chi connectivity index (χ1n) is 8.18. The number of hydrogen-bond acceptors (Lipinski definition) is 3. The van der Waals surface area contributed by atoms with Gasteiger partial charge in [-0.25, -0.2) is 0 Å². The highest BCUT2D eigenvalue weighted by atomic mass is 19.3. The molecule has 1 atom stereocenters. The smallest absolute Gasteiger partial charge is 0.387 e. The van der Waals surface area contributed by atoms with Gasteiger partial charge in [-0.15, -0.1) is 0 Å². The number of amides is 1. The Balaban J connectivity index is 1.59. The molecule has 2 fully saturated rings. The van der Waals surface area contributed by atoms with E-state index in [0.717, 1.165) is 32.6 Å². The van der Waals surface area contributed by atoms with Crippen molar-refractivity contribution in [1.82, 2.24) is 9.80 Å². The minimum absolute atomic E-state index is 0.0167. The van der Waals surface area contributed by atoms with Crippen LogP contribution in [-0.4, -0.2) is 54.5 Å². The van der Waals surface area contributed by atoms with Gasteiger partial charge in [0, 0.05) is 24.7 Å². The molecule has 3 rings (SSSR count). The first-order valence-corrected chi connectivity index (χ1v) is 8.18. The van der Waals surface area contributed by atoms with Crippen LogP contribution in [-0.2, 0) is 11.2 Å². The Morgan fingerprint density at radius 3 is 2.70 bits per heavy atom. The van der Waals surface area contributed by atoms with E-state index in [1.807, 2.05) is 4.90 Å². The summed E-state index contributed by atoms with van der Waals surface area (Å²) in [5, 5.41) is 0. The zero-order chi connectivity index (χ0) is 16.2. The van der Waals surface area contributed by atoms with E-state index < -0.39 is 6.61 Å². The summed E-state index contributed by atoms with van der Waals surface area (Å²) >= 11 is 0. The summed E-state index contributed by atoms with van der Waals surface area (Å²) in [6, 6.07) is 6.97. The number of para-hydroxylation sites is 1. The van der Waals surface area contributed by atoms with Crippen molar-refractivity contribution in [2.75, 3.05) is 26.2 Å². The average molecular weight is 324 g/mol. The Morgan fingerprint density at radius 2 is 1.96 bits per heavy atom. The molecule has 0 aromatic heterocycles. The first-order chi connectivity index (χ1) is 11.1. The van der Waals surface area contributed by atoms with Gasteiger partial charge in [0.25, 0.3) is 0 Å². The molecule has 0 aliphatic carbocycles. The molecule has 0 radical (unpaired) electrons. The minimum atomic E-state index is -2.88. The molecule has 0 saturated carbocycles. The Labute approximate surface area is 135 Å². The van der Waals surface area contributed by atoms with Crippen molar-refractivity contribution in [2.45, 2.75) is 38.3 Å². The number of carbonyl (C=O) groups is 1. The molecule has 2 aliphatic rings. The third-order valence-electron chi connectivity index (χ3n) is 4.70. The van der Waals surface area contributed by atoms with E-state index in [1.165, 1.54) is 18.9 Å². The second-order valence-corrected chi connectivity index (χ2v) is 6.19. The van der Waals surface area contributed by atoms with Crippen LogP contribution >= 0.6 is 0 Å². The van der Waals surface area contributed by atoms with Crippen molar-refractivity contribution in [1.29, 1.82) is 0 Å². The maximum Gasteiger partial charge on any atom is 0.387 e. The number of halogens is 2. The summed E-state index contributed by atoms with van der Waals surface area (Å²) in [6.45, 7) is 0.863. The Bertz CT molecular complexity index is 547. The van der Waals surface area contributed by atoms with Gasteiger partial charge in [-0.1, -0.05) is 18.2 Å². The molecule has 2 saturated heterocycles. The fraction of sp³-hybridized carbons (Fsp3) is 0.588. The van der Waals surface area contributed by atoms with Gasteiger partial charge in [-0.2, -0.15) is 8.78 Å². The normalized spacial score (nSPS) is 22.0. The highest BCUT2D eigenvalue weighted by molar-refractivity contribution is 5.79. The van der Waals surface area contributed by atoms with Crippen LogP contribution in [0.1, 0.15) is 24.8 Å². The molecule has 2 aliphatic heterocycles. The van der Waals surface area contributed by atoms with Gasteiger partial charge < -0.3 is 9.64 Å². The van der Waals surface area contributed by atoms with Crippen LogP contribution in [0, 0.1) is 0 Å². The molecule has 1 unspecified atom stereocenters. The van der Waals surface area contributed by atoms with Crippen LogP contribution < -0.4 is 4.74 Å². The lowest BCUT2D eigenvalue weighted by molar-refractivity contribution is -0.129. The minimum Gasteiger partial charge on any atom is -0.435 e. The molecular formula is C17H22F2N2O2. The summed E-state index contributed by atoms with van der Waals surface area (Å²) in [7, 11) is 0. The second kappa shape index (κ2) is 7.25. The molecule has 0 bridgehead atoms. The topological polar surface area (TPSA) is 32.8 Å². The van der Waals surface area contributed by atoms with Crippen LogP contribution in [0.2, 0.25) is 0 Å². The Hall–Kier alpha value is -1.69. The summed E-state index contributed by atoms with van der Waals surface area (Å²) in [6.07, 6.45) is 3.59. The van der Waals surface area contributed by atoms with Crippen molar-refractivity contribution in [3.8, 4) is 5.75 Å². The van der Waals surface area contributed by atoms with E-state index in [4.69, 9.17) is 0 Å². The fourth-order valence-electron chi connectivity index (χ4n) is 3.51. The first kappa shape index (κ1) is 16.2. The zero-order valence-electron chi connectivity index (χ0n) is 13.1. The van der Waals surface area contributed by atoms with Crippen molar-refractivity contribution >= 4 is 5.91 Å². The van der Waals surface area contributed by atoms with Gasteiger partial charge in [0.05, 0.1) is 6.42 Å². The van der Waals surface area contributed by atoms with Crippen LogP contribution in [0.4, 0.5) is 8.78 Å². The zero-order valence-corrected chi connectivity index (χ0v) is 13.1. The largest absolute Gasteiger partial charge is 0.435 e. The fourth-order valence-corrected chi connectivity index (χ4v) is 3.51. The number of ether oxygens (including phenoxy) is 1. The average Bonchev–Trinajstić information content (AvgIpc) is 3.19. The van der Waals surface area contributed by atoms with Gasteiger partial charge in [0.1, 0.15) is 5.75 Å². The number of carbonyl (C=O) groups excluding carboxylic acids is 1. The molecule has 1 aromatic rings. The standard InChI is InChI=1S/C17H22F2N2O2/c18-17(19)23-15-6-2-1-5-13(15)11-16(22)21-10-7-14(12-21)20-8-3-4-9-20/h1-2,5-6,14,17H,3-4,7-12H2. The van der Waals surface area contributed by atoms with Crippen molar-refractivity contribution in [3.05, 3.63) is 29.8 Å². The van der Waals surface area contributed by atoms with Crippen molar-refractivity contribution in [3.63, 3.8) is 0 Å². The van der Waals surface area contributed by atoms with Crippen molar-refractivity contribution in [2.24, 2.45) is 0 Å². The molecule has 4 nitrogen and oxygen atoms in total. The molecule has 0 spiro atoms. The lowest BCUT2D eigenvalue weighted by Gasteiger charge is -2.23. The van der Waals surface area contributed by atoms with Crippen LogP contribution in [0.3, 0.4) is 0 Å². The van der Waals surface area contributed by atoms with Gasteiger partial charge in [0.2, 0.25) is 5.91 Å². The predicted octanol–water partition coefficient (Wildman–Crippen LogP) is 2.53. The summed E-state index contributed by atoms with van der Waals surface area (Å²) in [5.74, 6) is 0.0724. The van der Waals surface area contributed by atoms with Crippen LogP contribution in [0.25, 0.3) is 0 Å². The summed E-state index contributed by atoms with van der Waals surface area (Å²) in [4.78, 5) is 16.8. The molecule has 0 N–H and O–H groups in total. The van der Waals surface area contributed by atoms with Gasteiger partial charge in [-0.05, 0) is 38.4 Å². The lowest BCUT2D eigenvalue weighted by Crippen LogP contribution is -2.37. The molecule has 1 amide bonds. The van der Waals surface area contributed by atoms with E-state index in [2.05, 4.69) is 9.64 Å². The number of likely N-dealkylation sites (tertiary alicyclic amines) is 2. The number of alkyl halides is 2. The molecular weight excluding hydrogens is 302 g/mol. The SMILES string of the molecule is O=C(Cc1ccccc1OC(F)F)N1CCC(N2CCCC2)C1. The molecule has 1 aromatic carbocycles. The van der Waals surface area contributed by atoms with Gasteiger partial charge in [0.15, 0.2) is 0 Å². The number of rotatable bonds is 5. The predicted molar refractivity (Wildman–Crippen MR) is 82.6 cm³/mol. The van der Waals surface area contributed by atoms with E-state index in [9.17, 15) is 13.6 Å². The highest BCUT2D eigenvalue weighted by Crippen LogP contribution is 2.24. The highest BCUT2D eigenvalue weighted by Gasteiger charge is 2.31. The number of benzene rings is 1. The van der Waals surface area contributed by atoms with E-state index >= 15 is 0 Å². The Morgan fingerprint density at radius 1 is 1.22 bits per heavy atom. The monoisotopic (exact) mass is 324 g/mol. The van der Waals surface area contributed by atoms with E-state index in [-0.39, 0.29) is 18.1 Å². The van der Waals surface area contributed by atoms with Gasteiger partial charge >= 0.3 is 6.61 Å². The summed E-state index contributed by atoms with van der Waals surface area (Å²) < 4.78 is 29.4. The lowest BCUT2D eigenvalue weighted by atomic mass is 10.1.